The smallest absolute Gasteiger partial charge is 0.0184 e. The van der Waals surface area contributed by atoms with Crippen LogP contribution < -0.4 is 0 Å². The van der Waals surface area contributed by atoms with Crippen LogP contribution >= 0.6 is 0 Å². The van der Waals surface area contributed by atoms with Crippen LogP contribution in [0.3, 0.4) is 0 Å². The first kappa shape index (κ1) is 13.7. The summed E-state index contributed by atoms with van der Waals surface area (Å²) in [6.07, 6.45) is 1.18. The molecular weight excluding hydrogens is 152 g/mol. The molecule has 0 aliphatic rings. The molecular formula is C10H17O2. The van der Waals surface area contributed by atoms with Gasteiger partial charge in [0.2, 0.25) is 0 Å². The summed E-state index contributed by atoms with van der Waals surface area (Å²) in [4.78, 5) is 0. The Morgan fingerprint density at radius 2 is 1.67 bits per heavy atom. The minimum Gasteiger partial charge on any atom is -0.412 e. The summed E-state index contributed by atoms with van der Waals surface area (Å²) in [5.41, 5.74) is 1.41. The molecule has 0 saturated carbocycles. The van der Waals surface area contributed by atoms with Crippen molar-refractivity contribution in [3.8, 4) is 0 Å². The van der Waals surface area contributed by atoms with Crippen molar-refractivity contribution in [1.82, 2.24) is 0 Å². The zero-order valence-corrected chi connectivity index (χ0v) is 7.59. The first-order valence-electron chi connectivity index (χ1n) is 3.74. The van der Waals surface area contributed by atoms with E-state index < -0.39 is 0 Å². The molecule has 12 heavy (non-hydrogen) atoms. The molecule has 0 amide bonds. The third-order valence-corrected chi connectivity index (χ3v) is 1.43. The van der Waals surface area contributed by atoms with Gasteiger partial charge in [0.1, 0.15) is 0 Å². The predicted octanol–water partition coefficient (Wildman–Crippen LogP) is 1.04. The summed E-state index contributed by atoms with van der Waals surface area (Å²) in [7, 11) is 0. The van der Waals surface area contributed by atoms with Crippen molar-refractivity contribution in [2.75, 3.05) is 0 Å². The van der Waals surface area contributed by atoms with Gasteiger partial charge in [-0.1, -0.05) is 38.1 Å². The Kier molecular flexibility index (Phi) is 7.80. The first-order chi connectivity index (χ1) is 4.79. The molecule has 69 valence electrons. The summed E-state index contributed by atoms with van der Waals surface area (Å²) in [6, 6.07) is 11.2. The quantitative estimate of drug-likeness (QED) is 0.635. The Hall–Kier alpha value is -0.860. The number of hydrogen-bond acceptors (Lipinski definition) is 0. The molecule has 2 heteroatoms. The largest absolute Gasteiger partial charge is 0.412 e. The van der Waals surface area contributed by atoms with Gasteiger partial charge in [0.15, 0.2) is 0 Å². The minimum atomic E-state index is 0. The van der Waals surface area contributed by atoms with Crippen LogP contribution in [0.1, 0.15) is 19.4 Å². The molecule has 1 aromatic rings. The maximum Gasteiger partial charge on any atom is -0.0184 e. The summed E-state index contributed by atoms with van der Waals surface area (Å²) in [5.74, 6) is 0.752. The van der Waals surface area contributed by atoms with Crippen LogP contribution in [-0.2, 0) is 6.42 Å². The second kappa shape index (κ2) is 6.83. The van der Waals surface area contributed by atoms with Crippen LogP contribution in [0.15, 0.2) is 24.3 Å². The molecule has 0 unspecified atom stereocenters. The minimum absolute atomic E-state index is 0. The first-order valence-corrected chi connectivity index (χ1v) is 3.74. The van der Waals surface area contributed by atoms with Gasteiger partial charge in [0, 0.05) is 0 Å². The van der Waals surface area contributed by atoms with Crippen LogP contribution in [0.25, 0.3) is 0 Å². The molecule has 1 rings (SSSR count). The van der Waals surface area contributed by atoms with Gasteiger partial charge in [-0.3, -0.25) is 0 Å². The lowest BCUT2D eigenvalue weighted by molar-refractivity contribution is 0.647. The molecule has 1 aromatic carbocycles. The number of benzene rings is 1. The van der Waals surface area contributed by atoms with E-state index in [1.54, 1.807) is 0 Å². The monoisotopic (exact) mass is 169 g/mol. The number of hydrogen-bond donors (Lipinski definition) is 0. The van der Waals surface area contributed by atoms with Crippen molar-refractivity contribution in [2.45, 2.75) is 20.3 Å². The lowest BCUT2D eigenvalue weighted by Gasteiger charge is -2.02. The van der Waals surface area contributed by atoms with E-state index >= 15 is 0 Å². The standard InChI is InChI=1S/C10H13.2H2O/c1-9(2)8-10-6-4-3-5-7-10;;/h4-7,9H,8H2,1-2H3;2*1H2. The van der Waals surface area contributed by atoms with Crippen LogP contribution in [0.5, 0.6) is 0 Å². The van der Waals surface area contributed by atoms with Gasteiger partial charge in [-0.2, -0.15) is 0 Å². The van der Waals surface area contributed by atoms with E-state index in [1.165, 1.54) is 12.0 Å². The van der Waals surface area contributed by atoms with E-state index in [9.17, 15) is 0 Å². The zero-order chi connectivity index (χ0) is 7.40. The molecule has 0 aliphatic carbocycles. The van der Waals surface area contributed by atoms with Crippen LogP contribution in [0.4, 0.5) is 0 Å². The van der Waals surface area contributed by atoms with Crippen molar-refractivity contribution >= 4 is 0 Å². The van der Waals surface area contributed by atoms with Crippen molar-refractivity contribution in [1.29, 1.82) is 0 Å². The predicted molar refractivity (Wildman–Crippen MR) is 51.0 cm³/mol. The topological polar surface area (TPSA) is 63.0 Å². The second-order valence-electron chi connectivity index (χ2n) is 3.01. The maximum absolute atomic E-state index is 3.01. The van der Waals surface area contributed by atoms with Gasteiger partial charge in [-0.25, -0.2) is 0 Å². The Bertz CT molecular complexity index is 182. The molecule has 0 saturated heterocycles. The van der Waals surface area contributed by atoms with Crippen LogP contribution in [0, 0.1) is 12.0 Å². The fourth-order valence-corrected chi connectivity index (χ4v) is 1.03. The van der Waals surface area contributed by atoms with Crippen molar-refractivity contribution in [3.05, 3.63) is 35.9 Å². The van der Waals surface area contributed by atoms with E-state index in [2.05, 4.69) is 32.0 Å². The van der Waals surface area contributed by atoms with Gasteiger partial charge < -0.3 is 11.0 Å². The van der Waals surface area contributed by atoms with Crippen molar-refractivity contribution < 1.29 is 11.0 Å². The van der Waals surface area contributed by atoms with Gasteiger partial charge in [-0.05, 0) is 24.0 Å². The fraction of sp³-hybridized carbons (Fsp3) is 0.400. The molecule has 4 N–H and O–H groups in total. The highest BCUT2D eigenvalue weighted by atomic mass is 16.0. The SMILES string of the molecule is CC(C)Cc1cc[c]cc1.O.O. The van der Waals surface area contributed by atoms with E-state index in [-0.39, 0.29) is 11.0 Å². The lowest BCUT2D eigenvalue weighted by Crippen LogP contribution is -1.92. The number of rotatable bonds is 2. The van der Waals surface area contributed by atoms with Gasteiger partial charge >= 0.3 is 0 Å². The van der Waals surface area contributed by atoms with E-state index in [1.807, 2.05) is 12.1 Å². The Morgan fingerprint density at radius 1 is 1.17 bits per heavy atom. The van der Waals surface area contributed by atoms with E-state index in [0.717, 1.165) is 5.92 Å². The summed E-state index contributed by atoms with van der Waals surface area (Å²) < 4.78 is 0. The maximum atomic E-state index is 3.01. The summed E-state index contributed by atoms with van der Waals surface area (Å²) >= 11 is 0. The molecule has 0 aliphatic heterocycles. The average Bonchev–Trinajstić information content (AvgIpc) is 1.88. The Labute approximate surface area is 73.9 Å². The third kappa shape index (κ3) is 4.88. The molecule has 0 bridgehead atoms. The highest BCUT2D eigenvalue weighted by Gasteiger charge is 1.94. The summed E-state index contributed by atoms with van der Waals surface area (Å²) in [6.45, 7) is 4.47. The lowest BCUT2D eigenvalue weighted by atomic mass is 10.0. The van der Waals surface area contributed by atoms with Crippen LogP contribution in [0.2, 0.25) is 0 Å². The fourth-order valence-electron chi connectivity index (χ4n) is 1.03. The highest BCUT2D eigenvalue weighted by molar-refractivity contribution is 5.13. The molecule has 0 aromatic heterocycles. The Balaban J connectivity index is 0. The highest BCUT2D eigenvalue weighted by Crippen LogP contribution is 2.05. The molecule has 0 atom stereocenters. The van der Waals surface area contributed by atoms with E-state index in [4.69, 9.17) is 0 Å². The third-order valence-electron chi connectivity index (χ3n) is 1.43. The second-order valence-corrected chi connectivity index (χ2v) is 3.01. The molecule has 0 fully saturated rings. The molecule has 2 nitrogen and oxygen atoms in total. The molecule has 0 heterocycles. The molecule has 1 radical (unpaired) electrons. The zero-order valence-electron chi connectivity index (χ0n) is 7.59. The normalized spacial score (nSPS) is 8.58. The van der Waals surface area contributed by atoms with Gasteiger partial charge in [0.25, 0.3) is 0 Å². The molecule has 0 spiro atoms. The van der Waals surface area contributed by atoms with Crippen molar-refractivity contribution in [2.24, 2.45) is 5.92 Å². The van der Waals surface area contributed by atoms with Crippen LogP contribution in [-0.4, -0.2) is 11.0 Å². The van der Waals surface area contributed by atoms with Gasteiger partial charge in [0.05, 0.1) is 0 Å². The van der Waals surface area contributed by atoms with Gasteiger partial charge in [-0.15, -0.1) is 0 Å². The summed E-state index contributed by atoms with van der Waals surface area (Å²) in [5, 5.41) is 0. The van der Waals surface area contributed by atoms with E-state index in [0.29, 0.717) is 0 Å². The van der Waals surface area contributed by atoms with Crippen molar-refractivity contribution in [3.63, 3.8) is 0 Å². The average molecular weight is 169 g/mol. The Morgan fingerprint density at radius 3 is 2.08 bits per heavy atom.